The van der Waals surface area contributed by atoms with E-state index >= 15 is 0 Å². The topological polar surface area (TPSA) is 72.8 Å². The molecule has 1 unspecified atom stereocenters. The first-order valence-corrected chi connectivity index (χ1v) is 31.8. The highest BCUT2D eigenvalue weighted by molar-refractivity contribution is 5.70. The van der Waals surface area contributed by atoms with Crippen LogP contribution in [0.3, 0.4) is 0 Å². The Morgan fingerprint density at radius 1 is 0.324 bits per heavy atom. The zero-order chi connectivity index (χ0) is 53.4. The molecular weight excluding hydrogens is 909 g/mol. The highest BCUT2D eigenvalue weighted by Crippen LogP contribution is 2.17. The average Bonchev–Trinajstić information content (AvgIpc) is 3.40. The summed E-state index contributed by atoms with van der Waals surface area (Å²) in [4.78, 5) is 24.6. The van der Waals surface area contributed by atoms with Gasteiger partial charge in [-0.3, -0.25) is 9.59 Å². The largest absolute Gasteiger partial charge is 0.462 e. The van der Waals surface area contributed by atoms with Gasteiger partial charge in [-0.15, -0.1) is 0 Å². The molecule has 74 heavy (non-hydrogen) atoms. The van der Waals surface area contributed by atoms with Crippen molar-refractivity contribution in [3.8, 4) is 0 Å². The summed E-state index contributed by atoms with van der Waals surface area (Å²) in [5, 5.41) is 9.67. The molecule has 0 saturated heterocycles. The summed E-state index contributed by atoms with van der Waals surface area (Å²) in [5.74, 6) is -0.585. The molecule has 0 rings (SSSR count). The van der Waals surface area contributed by atoms with Gasteiger partial charge >= 0.3 is 11.9 Å². The van der Waals surface area contributed by atoms with Crippen molar-refractivity contribution in [3.05, 3.63) is 97.2 Å². The third kappa shape index (κ3) is 61.4. The van der Waals surface area contributed by atoms with Gasteiger partial charge in [0.15, 0.2) is 6.10 Å². The van der Waals surface area contributed by atoms with Crippen LogP contribution in [0.15, 0.2) is 97.2 Å². The van der Waals surface area contributed by atoms with Crippen LogP contribution in [0.2, 0.25) is 0 Å². The molecule has 0 radical (unpaired) electrons. The lowest BCUT2D eigenvalue weighted by Crippen LogP contribution is -2.28. The number of aliphatic hydroxyl groups excluding tert-OH is 1. The third-order valence-corrected chi connectivity index (χ3v) is 13.9. The summed E-state index contributed by atoms with van der Waals surface area (Å²) >= 11 is 0. The van der Waals surface area contributed by atoms with Crippen LogP contribution in [0.1, 0.15) is 309 Å². The first-order valence-electron chi connectivity index (χ1n) is 31.8. The van der Waals surface area contributed by atoms with Crippen LogP contribution in [0, 0.1) is 0 Å². The normalized spacial score (nSPS) is 12.9. The van der Waals surface area contributed by atoms with Gasteiger partial charge in [-0.2, -0.15) is 0 Å². The summed E-state index contributed by atoms with van der Waals surface area (Å²) < 4.78 is 10.7. The summed E-state index contributed by atoms with van der Waals surface area (Å²) in [7, 11) is 0. The number of allylic oxidation sites excluding steroid dienone is 16. The van der Waals surface area contributed by atoms with E-state index < -0.39 is 6.10 Å². The number of esters is 2. The molecule has 5 heteroatoms. The van der Waals surface area contributed by atoms with E-state index in [1.165, 1.54) is 199 Å². The molecule has 0 amide bonds. The number of carbonyl (C=O) groups is 2. The van der Waals surface area contributed by atoms with Crippen LogP contribution >= 0.6 is 0 Å². The second-order valence-corrected chi connectivity index (χ2v) is 21.1. The summed E-state index contributed by atoms with van der Waals surface area (Å²) in [6.07, 6.45) is 91.2. The minimum atomic E-state index is -0.777. The lowest BCUT2D eigenvalue weighted by molar-refractivity contribution is -0.161. The van der Waals surface area contributed by atoms with Crippen molar-refractivity contribution in [2.45, 2.75) is 315 Å². The van der Waals surface area contributed by atoms with Crippen LogP contribution in [-0.2, 0) is 19.1 Å². The molecule has 0 heterocycles. The Morgan fingerprint density at radius 3 is 0.878 bits per heavy atom. The number of rotatable bonds is 58. The highest BCUT2D eigenvalue weighted by Gasteiger charge is 2.16. The molecule has 0 aromatic rings. The maximum absolute atomic E-state index is 12.3. The van der Waals surface area contributed by atoms with Crippen molar-refractivity contribution in [1.82, 2.24) is 0 Å². The van der Waals surface area contributed by atoms with Gasteiger partial charge in [-0.25, -0.2) is 0 Å². The zero-order valence-electron chi connectivity index (χ0n) is 48.8. The van der Waals surface area contributed by atoms with Crippen molar-refractivity contribution in [2.75, 3.05) is 13.2 Å². The lowest BCUT2D eigenvalue weighted by atomic mass is 10.0. The molecular formula is C69H120O5. The quantitative estimate of drug-likeness (QED) is 0.0373. The molecule has 5 nitrogen and oxygen atoms in total. The summed E-state index contributed by atoms with van der Waals surface area (Å²) in [5.41, 5.74) is 0. The molecule has 0 aliphatic carbocycles. The number of carbonyl (C=O) groups excluding carboxylic acids is 2. The highest BCUT2D eigenvalue weighted by atomic mass is 16.6. The van der Waals surface area contributed by atoms with E-state index in [1.54, 1.807) is 0 Å². The van der Waals surface area contributed by atoms with Gasteiger partial charge in [0.25, 0.3) is 0 Å². The van der Waals surface area contributed by atoms with E-state index in [1.807, 2.05) is 0 Å². The average molecular weight is 1030 g/mol. The molecule has 0 aliphatic rings. The number of aliphatic hydroxyl groups is 1. The van der Waals surface area contributed by atoms with Gasteiger partial charge < -0.3 is 14.6 Å². The molecule has 0 spiro atoms. The Hall–Kier alpha value is -3.18. The molecule has 426 valence electrons. The smallest absolute Gasteiger partial charge is 0.306 e. The molecule has 0 saturated carbocycles. The second-order valence-electron chi connectivity index (χ2n) is 21.1. The standard InChI is InChI=1S/C69H120O5/c1-3-5-7-9-11-13-15-17-19-21-23-25-26-27-28-29-30-31-32-33-34-35-36-37-38-39-40-41-42-44-46-48-50-52-54-56-58-60-62-64-69(72)74-67(65-70)66-73-68(71)63-61-59-57-55-53-51-49-47-45-43-24-22-20-18-16-14-12-10-8-6-4-2/h5,7,11,13,16-19,22-25,27-28,30-31,67,70H,3-4,6,8-10,12,14-15,20-21,26,29,32-66H2,1-2H3/b7-5-,13-11-,18-16-,19-17-,24-22-,25-23-,28-27-,31-30-. The maximum Gasteiger partial charge on any atom is 0.306 e. The van der Waals surface area contributed by atoms with Gasteiger partial charge in [-0.1, -0.05) is 297 Å². The van der Waals surface area contributed by atoms with Gasteiger partial charge in [0.2, 0.25) is 0 Å². The lowest BCUT2D eigenvalue weighted by Gasteiger charge is -2.15. The van der Waals surface area contributed by atoms with Gasteiger partial charge in [-0.05, 0) is 96.3 Å². The Bertz CT molecular complexity index is 1400. The SMILES string of the molecule is CC/C=C\C/C=C\C/C=C\C/C=C\C/C=C\C/C=C\CCCCCCCCCCCCCCCCCCCCCCC(=O)OC(CO)COC(=O)CCCCCCCCCCC/C=C\C/C=C\CCCCCCC. The van der Waals surface area contributed by atoms with Crippen molar-refractivity contribution >= 4 is 11.9 Å². The molecule has 1 atom stereocenters. The third-order valence-electron chi connectivity index (χ3n) is 13.9. The maximum atomic E-state index is 12.3. The van der Waals surface area contributed by atoms with Crippen molar-refractivity contribution in [2.24, 2.45) is 0 Å². The predicted molar refractivity (Wildman–Crippen MR) is 325 cm³/mol. The predicted octanol–water partition coefficient (Wildman–Crippen LogP) is 21.9. The van der Waals surface area contributed by atoms with Gasteiger partial charge in [0.05, 0.1) is 6.61 Å². The van der Waals surface area contributed by atoms with E-state index in [0.29, 0.717) is 12.8 Å². The second kappa shape index (κ2) is 64.1. The fraction of sp³-hybridized carbons (Fsp3) is 0.739. The van der Waals surface area contributed by atoms with Crippen molar-refractivity contribution < 1.29 is 24.2 Å². The fourth-order valence-corrected chi connectivity index (χ4v) is 9.12. The van der Waals surface area contributed by atoms with E-state index in [9.17, 15) is 14.7 Å². The zero-order valence-corrected chi connectivity index (χ0v) is 48.8. The Balaban J connectivity index is 3.45. The van der Waals surface area contributed by atoms with Crippen LogP contribution in [0.25, 0.3) is 0 Å². The monoisotopic (exact) mass is 1030 g/mol. The summed E-state index contributed by atoms with van der Waals surface area (Å²) in [6, 6.07) is 0. The van der Waals surface area contributed by atoms with Crippen LogP contribution < -0.4 is 0 Å². The minimum Gasteiger partial charge on any atom is -0.462 e. The molecule has 0 bridgehead atoms. The number of hydrogen-bond donors (Lipinski definition) is 1. The van der Waals surface area contributed by atoms with Crippen LogP contribution in [0.4, 0.5) is 0 Å². The molecule has 0 aromatic carbocycles. The number of ether oxygens (including phenoxy) is 2. The van der Waals surface area contributed by atoms with Crippen molar-refractivity contribution in [3.63, 3.8) is 0 Å². The molecule has 0 aromatic heterocycles. The molecule has 0 fully saturated rings. The van der Waals surface area contributed by atoms with E-state index in [4.69, 9.17) is 9.47 Å². The first-order chi connectivity index (χ1) is 36.6. The van der Waals surface area contributed by atoms with Crippen LogP contribution in [0.5, 0.6) is 0 Å². The van der Waals surface area contributed by atoms with Crippen molar-refractivity contribution in [1.29, 1.82) is 0 Å². The number of unbranched alkanes of at least 4 members (excludes halogenated alkanes) is 34. The van der Waals surface area contributed by atoms with E-state index in [2.05, 4.69) is 111 Å². The summed E-state index contributed by atoms with van der Waals surface area (Å²) in [6.45, 7) is 4.04. The molecule has 0 aliphatic heterocycles. The van der Waals surface area contributed by atoms with Gasteiger partial charge in [0, 0.05) is 12.8 Å². The Morgan fingerprint density at radius 2 is 0.581 bits per heavy atom. The Labute approximate surface area is 459 Å². The van der Waals surface area contributed by atoms with E-state index in [-0.39, 0.29) is 25.2 Å². The number of hydrogen-bond acceptors (Lipinski definition) is 5. The first kappa shape index (κ1) is 70.8. The van der Waals surface area contributed by atoms with Crippen LogP contribution in [-0.4, -0.2) is 36.4 Å². The Kier molecular flexibility index (Phi) is 61.4. The molecule has 1 N–H and O–H groups in total. The van der Waals surface area contributed by atoms with E-state index in [0.717, 1.165) is 83.5 Å². The fourth-order valence-electron chi connectivity index (χ4n) is 9.12. The minimum absolute atomic E-state index is 0.0678. The van der Waals surface area contributed by atoms with Gasteiger partial charge in [0.1, 0.15) is 6.61 Å².